The Morgan fingerprint density at radius 2 is 2.08 bits per heavy atom. The van der Waals surface area contributed by atoms with Gasteiger partial charge in [0.1, 0.15) is 11.9 Å². The lowest BCUT2D eigenvalue weighted by atomic mass is 10.1. The zero-order valence-electron chi connectivity index (χ0n) is 12.7. The van der Waals surface area contributed by atoms with Crippen LogP contribution in [0.2, 0.25) is 5.02 Å². The number of aromatic amines is 1. The second-order valence-electron chi connectivity index (χ2n) is 5.85. The number of aromatic nitrogens is 1. The number of hydrogen-bond acceptors (Lipinski definition) is 3. The maximum absolute atomic E-state index is 13.4. The van der Waals surface area contributed by atoms with Crippen molar-refractivity contribution in [3.8, 4) is 0 Å². The maximum Gasteiger partial charge on any atom is 0.320 e. The van der Waals surface area contributed by atoms with Crippen molar-refractivity contribution in [2.75, 3.05) is 6.54 Å². The first-order chi connectivity index (χ1) is 11.5. The van der Waals surface area contributed by atoms with Crippen LogP contribution in [-0.4, -0.2) is 40.6 Å². The first-order valence-electron chi connectivity index (χ1n) is 7.67. The van der Waals surface area contributed by atoms with E-state index in [0.717, 1.165) is 10.9 Å². The Morgan fingerprint density at radius 3 is 2.79 bits per heavy atom. The van der Waals surface area contributed by atoms with Crippen LogP contribution in [0, 0.1) is 5.82 Å². The van der Waals surface area contributed by atoms with E-state index in [-0.39, 0.29) is 10.9 Å². The Labute approximate surface area is 142 Å². The van der Waals surface area contributed by atoms with Gasteiger partial charge >= 0.3 is 5.97 Å². The number of carboxylic acid groups (broad SMARTS) is 1. The molecule has 8 heteroatoms. The predicted molar refractivity (Wildman–Crippen MR) is 87.6 cm³/mol. The van der Waals surface area contributed by atoms with Gasteiger partial charge in [0.25, 0.3) is 0 Å². The van der Waals surface area contributed by atoms with Gasteiger partial charge in [-0.05, 0) is 37.0 Å². The summed E-state index contributed by atoms with van der Waals surface area (Å²) in [6, 6.07) is 1.77. The average molecular weight is 354 g/mol. The van der Waals surface area contributed by atoms with Crippen molar-refractivity contribution in [2.24, 2.45) is 0 Å². The number of hydrogen-bond donors (Lipinski definition) is 4. The highest BCUT2D eigenvalue weighted by Crippen LogP contribution is 2.25. The standard InChI is InChI=1S/C16H17ClFN3O3/c17-10-5-9-8(7-20-14(9)6-11(10)18)3-4-19-15(22)12-1-2-13(21-12)16(23)24/h5-7,12-13,20-21H,1-4H2,(H,19,22)(H,23,24)/t12-,13+/m1/s1. The normalized spacial score (nSPS) is 20.4. The van der Waals surface area contributed by atoms with E-state index in [1.54, 1.807) is 12.3 Å². The molecule has 1 aromatic carbocycles. The summed E-state index contributed by atoms with van der Waals surface area (Å²) in [5, 5.41) is 15.4. The van der Waals surface area contributed by atoms with E-state index in [1.807, 2.05) is 0 Å². The molecule has 1 fully saturated rings. The molecule has 0 bridgehead atoms. The number of halogens is 2. The van der Waals surface area contributed by atoms with Crippen molar-refractivity contribution in [3.63, 3.8) is 0 Å². The summed E-state index contributed by atoms with van der Waals surface area (Å²) in [6.45, 7) is 0.400. The van der Waals surface area contributed by atoms with E-state index >= 15 is 0 Å². The van der Waals surface area contributed by atoms with Gasteiger partial charge in [-0.25, -0.2) is 4.39 Å². The molecule has 1 saturated heterocycles. The smallest absolute Gasteiger partial charge is 0.320 e. The highest BCUT2D eigenvalue weighted by atomic mass is 35.5. The van der Waals surface area contributed by atoms with Crippen LogP contribution in [0.15, 0.2) is 18.3 Å². The number of rotatable bonds is 5. The number of nitrogens with one attached hydrogen (secondary N) is 3. The largest absolute Gasteiger partial charge is 0.480 e. The van der Waals surface area contributed by atoms with Crippen LogP contribution < -0.4 is 10.6 Å². The minimum atomic E-state index is -0.937. The number of amides is 1. The zero-order valence-corrected chi connectivity index (χ0v) is 13.5. The Balaban J connectivity index is 1.56. The molecule has 2 atom stereocenters. The SMILES string of the molecule is O=C(O)[C@@H]1CC[C@H](C(=O)NCCc2c[nH]c3cc(F)c(Cl)cc23)N1. The lowest BCUT2D eigenvalue weighted by Gasteiger charge is -2.12. The summed E-state index contributed by atoms with van der Waals surface area (Å²) in [6.07, 6.45) is 3.27. The molecule has 128 valence electrons. The van der Waals surface area contributed by atoms with E-state index in [4.69, 9.17) is 16.7 Å². The van der Waals surface area contributed by atoms with E-state index in [1.165, 1.54) is 6.07 Å². The highest BCUT2D eigenvalue weighted by molar-refractivity contribution is 6.31. The second kappa shape index (κ2) is 6.78. The molecule has 1 aliphatic heterocycles. The molecular formula is C16H17ClFN3O3. The summed E-state index contributed by atoms with van der Waals surface area (Å²) in [5.41, 5.74) is 1.58. The molecule has 0 aliphatic carbocycles. The minimum absolute atomic E-state index is 0.0576. The van der Waals surface area contributed by atoms with Crippen molar-refractivity contribution < 1.29 is 19.1 Å². The Kier molecular flexibility index (Phi) is 4.73. The number of carbonyl (C=O) groups excluding carboxylic acids is 1. The van der Waals surface area contributed by atoms with E-state index in [2.05, 4.69) is 15.6 Å². The fraction of sp³-hybridized carbons (Fsp3) is 0.375. The van der Waals surface area contributed by atoms with Crippen LogP contribution >= 0.6 is 11.6 Å². The third kappa shape index (κ3) is 3.37. The molecule has 2 aromatic rings. The molecule has 4 N–H and O–H groups in total. The van der Waals surface area contributed by atoms with Crippen molar-refractivity contribution in [1.29, 1.82) is 0 Å². The van der Waals surface area contributed by atoms with Gasteiger partial charge in [0, 0.05) is 23.6 Å². The number of carbonyl (C=O) groups is 2. The monoisotopic (exact) mass is 353 g/mol. The summed E-state index contributed by atoms with van der Waals surface area (Å²) in [5.74, 6) is -1.62. The molecule has 6 nitrogen and oxygen atoms in total. The molecule has 1 aromatic heterocycles. The lowest BCUT2D eigenvalue weighted by molar-refractivity contribution is -0.139. The van der Waals surface area contributed by atoms with Gasteiger partial charge < -0.3 is 15.4 Å². The topological polar surface area (TPSA) is 94.2 Å². The van der Waals surface area contributed by atoms with Crippen LogP contribution in [0.5, 0.6) is 0 Å². The van der Waals surface area contributed by atoms with Gasteiger partial charge in [0.2, 0.25) is 5.91 Å². The lowest BCUT2D eigenvalue weighted by Crippen LogP contribution is -2.45. The van der Waals surface area contributed by atoms with Crippen LogP contribution in [0.3, 0.4) is 0 Å². The Morgan fingerprint density at radius 1 is 1.33 bits per heavy atom. The van der Waals surface area contributed by atoms with Gasteiger partial charge in [0.15, 0.2) is 0 Å². The van der Waals surface area contributed by atoms with E-state index < -0.39 is 23.9 Å². The summed E-state index contributed by atoms with van der Waals surface area (Å²) in [4.78, 5) is 25.9. The number of carboxylic acids is 1. The van der Waals surface area contributed by atoms with Crippen molar-refractivity contribution in [1.82, 2.24) is 15.6 Å². The molecule has 1 amide bonds. The highest BCUT2D eigenvalue weighted by Gasteiger charge is 2.32. The number of benzene rings is 1. The van der Waals surface area contributed by atoms with Gasteiger partial charge in [-0.2, -0.15) is 0 Å². The summed E-state index contributed by atoms with van der Waals surface area (Å²) < 4.78 is 13.4. The van der Waals surface area contributed by atoms with Crippen LogP contribution in [0.4, 0.5) is 4.39 Å². The molecule has 3 rings (SSSR count). The molecule has 0 spiro atoms. The molecule has 0 radical (unpaired) electrons. The van der Waals surface area contributed by atoms with Crippen molar-refractivity contribution in [2.45, 2.75) is 31.3 Å². The first kappa shape index (κ1) is 16.7. The van der Waals surface area contributed by atoms with Gasteiger partial charge in [0.05, 0.1) is 11.1 Å². The van der Waals surface area contributed by atoms with Crippen LogP contribution in [0.1, 0.15) is 18.4 Å². The Hall–Kier alpha value is -2.12. The Bertz CT molecular complexity index is 792. The first-order valence-corrected chi connectivity index (χ1v) is 8.05. The molecule has 24 heavy (non-hydrogen) atoms. The number of aliphatic carboxylic acids is 1. The predicted octanol–water partition coefficient (Wildman–Crippen LogP) is 1.82. The summed E-state index contributed by atoms with van der Waals surface area (Å²) in [7, 11) is 0. The molecular weight excluding hydrogens is 337 g/mol. The fourth-order valence-electron chi connectivity index (χ4n) is 2.97. The van der Waals surface area contributed by atoms with E-state index in [9.17, 15) is 14.0 Å². The third-order valence-electron chi connectivity index (χ3n) is 4.26. The molecule has 0 unspecified atom stereocenters. The van der Waals surface area contributed by atoms with E-state index in [0.29, 0.717) is 31.3 Å². The third-order valence-corrected chi connectivity index (χ3v) is 4.55. The fourth-order valence-corrected chi connectivity index (χ4v) is 3.13. The zero-order chi connectivity index (χ0) is 17.3. The number of fused-ring (bicyclic) bond motifs is 1. The molecule has 1 aliphatic rings. The molecule has 0 saturated carbocycles. The van der Waals surface area contributed by atoms with Crippen molar-refractivity contribution in [3.05, 3.63) is 34.7 Å². The minimum Gasteiger partial charge on any atom is -0.480 e. The average Bonchev–Trinajstić information content (AvgIpc) is 3.16. The van der Waals surface area contributed by atoms with Gasteiger partial charge in [-0.3, -0.25) is 14.9 Å². The molecule has 2 heterocycles. The second-order valence-corrected chi connectivity index (χ2v) is 6.26. The number of H-pyrrole nitrogens is 1. The summed E-state index contributed by atoms with van der Waals surface area (Å²) >= 11 is 5.81. The van der Waals surface area contributed by atoms with Gasteiger partial charge in [-0.15, -0.1) is 0 Å². The van der Waals surface area contributed by atoms with Crippen LogP contribution in [-0.2, 0) is 16.0 Å². The quantitative estimate of drug-likeness (QED) is 0.659. The van der Waals surface area contributed by atoms with Crippen LogP contribution in [0.25, 0.3) is 10.9 Å². The van der Waals surface area contributed by atoms with Crippen molar-refractivity contribution >= 4 is 34.4 Å². The maximum atomic E-state index is 13.4. The van der Waals surface area contributed by atoms with Gasteiger partial charge in [-0.1, -0.05) is 11.6 Å².